The lowest BCUT2D eigenvalue weighted by Crippen LogP contribution is -2.30. The molecule has 0 spiro atoms. The summed E-state index contributed by atoms with van der Waals surface area (Å²) in [5.74, 6) is -1.32. The summed E-state index contributed by atoms with van der Waals surface area (Å²) in [5, 5.41) is 0. The first-order chi connectivity index (χ1) is 7.88. The maximum absolute atomic E-state index is 12.1. The van der Waals surface area contributed by atoms with E-state index >= 15 is 0 Å². The van der Waals surface area contributed by atoms with Gasteiger partial charge in [0.2, 0.25) is 11.8 Å². The third kappa shape index (κ3) is 1.87. The normalized spacial score (nSPS) is 40.3. The third-order valence-electron chi connectivity index (χ3n) is 3.44. The van der Waals surface area contributed by atoms with Crippen molar-refractivity contribution >= 4 is 58.6 Å². The number of hydrogen-bond donors (Lipinski definition) is 0. The van der Waals surface area contributed by atoms with E-state index in [4.69, 9.17) is 39.5 Å². The second kappa shape index (κ2) is 3.90. The number of amides is 2. The predicted octanol–water partition coefficient (Wildman–Crippen LogP) is 2.12. The number of nitrogens with zero attached hydrogens (tertiary/aromatic N) is 1. The van der Waals surface area contributed by atoms with Gasteiger partial charge in [-0.15, -0.1) is 0 Å². The Morgan fingerprint density at radius 2 is 1.59 bits per heavy atom. The molecular formula is C9H8Cl3NO3S. The number of carbonyl (C=O) groups excluding carboxylic acids is 2. The van der Waals surface area contributed by atoms with E-state index in [1.165, 1.54) is 0 Å². The molecule has 3 aliphatic rings. The van der Waals surface area contributed by atoms with Gasteiger partial charge in [0.05, 0.1) is 24.0 Å². The summed E-state index contributed by atoms with van der Waals surface area (Å²) in [4.78, 5) is 24.2. The average molecular weight is 317 g/mol. The molecule has 0 aromatic heterocycles. The number of fused-ring (bicyclic) bond motifs is 5. The Morgan fingerprint density at radius 1 is 1.12 bits per heavy atom. The second-order valence-electron chi connectivity index (χ2n) is 4.35. The highest BCUT2D eigenvalue weighted by atomic mass is 35.6. The topological polar surface area (TPSA) is 46.6 Å². The fourth-order valence-corrected chi connectivity index (χ4v) is 4.13. The molecule has 0 radical (unpaired) electrons. The van der Waals surface area contributed by atoms with Crippen molar-refractivity contribution in [1.29, 1.82) is 0 Å². The van der Waals surface area contributed by atoms with Crippen molar-refractivity contribution in [2.24, 2.45) is 11.8 Å². The van der Waals surface area contributed by atoms with Gasteiger partial charge >= 0.3 is 0 Å². The molecule has 94 valence electrons. The van der Waals surface area contributed by atoms with Gasteiger partial charge in [-0.05, 0) is 12.8 Å². The zero-order valence-electron chi connectivity index (χ0n) is 8.44. The highest BCUT2D eigenvalue weighted by Crippen LogP contribution is 2.52. The number of imide groups is 1. The monoisotopic (exact) mass is 315 g/mol. The van der Waals surface area contributed by atoms with Crippen LogP contribution in [0.2, 0.25) is 0 Å². The van der Waals surface area contributed by atoms with Crippen LogP contribution >= 0.6 is 46.8 Å². The van der Waals surface area contributed by atoms with Gasteiger partial charge in [0.1, 0.15) is 0 Å². The molecule has 3 fully saturated rings. The quantitative estimate of drug-likeness (QED) is 0.422. The number of hydrogen-bond acceptors (Lipinski definition) is 4. The summed E-state index contributed by atoms with van der Waals surface area (Å²) < 4.78 is 4.87. The molecule has 3 heterocycles. The van der Waals surface area contributed by atoms with Crippen molar-refractivity contribution in [1.82, 2.24) is 4.31 Å². The molecule has 3 rings (SSSR count). The smallest absolute Gasteiger partial charge is 0.256 e. The predicted molar refractivity (Wildman–Crippen MR) is 64.6 cm³/mol. The third-order valence-corrected chi connectivity index (χ3v) is 4.81. The maximum Gasteiger partial charge on any atom is 0.256 e. The molecule has 0 saturated carbocycles. The lowest BCUT2D eigenvalue weighted by atomic mass is 9.81. The molecule has 2 amide bonds. The van der Waals surface area contributed by atoms with Crippen LogP contribution in [-0.4, -0.2) is 31.5 Å². The minimum atomic E-state index is -1.70. The van der Waals surface area contributed by atoms with Crippen LogP contribution in [-0.2, 0) is 14.3 Å². The molecule has 0 aliphatic carbocycles. The SMILES string of the molecule is O=C1[C@H]2[C@H](C(=O)N1SC(Cl)(Cl)Cl)[C@H]1CC[C@@H]2O1. The maximum atomic E-state index is 12.1. The number of ether oxygens (including phenoxy) is 1. The van der Waals surface area contributed by atoms with Crippen molar-refractivity contribution in [3.63, 3.8) is 0 Å². The van der Waals surface area contributed by atoms with Crippen LogP contribution in [0.3, 0.4) is 0 Å². The summed E-state index contributed by atoms with van der Waals surface area (Å²) in [7, 11) is 0. The summed E-state index contributed by atoms with van der Waals surface area (Å²) in [6.07, 6.45) is 1.39. The summed E-state index contributed by atoms with van der Waals surface area (Å²) >= 11 is 17.5. The fraction of sp³-hybridized carbons (Fsp3) is 0.778. The molecule has 2 bridgehead atoms. The van der Waals surface area contributed by atoms with E-state index in [1.54, 1.807) is 0 Å². The first-order valence-corrected chi connectivity index (χ1v) is 7.08. The molecule has 0 aromatic rings. The molecule has 0 unspecified atom stereocenters. The van der Waals surface area contributed by atoms with Gasteiger partial charge in [0, 0.05) is 11.9 Å². The number of carbonyl (C=O) groups is 2. The summed E-state index contributed by atoms with van der Waals surface area (Å²) in [5.41, 5.74) is 0. The van der Waals surface area contributed by atoms with Gasteiger partial charge in [-0.25, -0.2) is 4.31 Å². The van der Waals surface area contributed by atoms with E-state index in [0.717, 1.165) is 17.1 Å². The minimum absolute atomic E-state index is 0.137. The highest BCUT2D eigenvalue weighted by Gasteiger charge is 2.63. The second-order valence-corrected chi connectivity index (χ2v) is 8.46. The molecule has 17 heavy (non-hydrogen) atoms. The van der Waals surface area contributed by atoms with E-state index in [0.29, 0.717) is 11.9 Å². The Hall–Kier alpha value is 0.320. The van der Waals surface area contributed by atoms with Gasteiger partial charge in [0.25, 0.3) is 3.12 Å². The molecular weight excluding hydrogens is 309 g/mol. The Balaban J connectivity index is 1.86. The van der Waals surface area contributed by atoms with E-state index in [1.807, 2.05) is 0 Å². The van der Waals surface area contributed by atoms with Crippen molar-refractivity contribution < 1.29 is 14.3 Å². The van der Waals surface area contributed by atoms with Crippen molar-refractivity contribution in [3.05, 3.63) is 0 Å². The Morgan fingerprint density at radius 3 is 2.00 bits per heavy atom. The zero-order valence-corrected chi connectivity index (χ0v) is 11.5. The molecule has 8 heteroatoms. The number of halogens is 3. The fourth-order valence-electron chi connectivity index (χ4n) is 2.88. The Bertz CT molecular complexity index is 371. The van der Waals surface area contributed by atoms with E-state index in [9.17, 15) is 9.59 Å². The van der Waals surface area contributed by atoms with Crippen LogP contribution in [0.5, 0.6) is 0 Å². The van der Waals surface area contributed by atoms with Crippen LogP contribution in [0.25, 0.3) is 0 Å². The van der Waals surface area contributed by atoms with Gasteiger partial charge in [0.15, 0.2) is 0 Å². The first-order valence-electron chi connectivity index (χ1n) is 5.17. The number of alkyl halides is 3. The highest BCUT2D eigenvalue weighted by molar-refractivity contribution is 8.03. The summed E-state index contributed by atoms with van der Waals surface area (Å²) in [6.45, 7) is 0. The Labute approximate surface area is 117 Å². The van der Waals surface area contributed by atoms with Crippen LogP contribution in [0.1, 0.15) is 12.8 Å². The van der Waals surface area contributed by atoms with Crippen molar-refractivity contribution in [2.75, 3.05) is 0 Å². The van der Waals surface area contributed by atoms with E-state index < -0.39 is 3.12 Å². The minimum Gasteiger partial charge on any atom is -0.373 e. The van der Waals surface area contributed by atoms with E-state index in [-0.39, 0.29) is 35.9 Å². The van der Waals surface area contributed by atoms with E-state index in [2.05, 4.69) is 0 Å². The number of rotatable bonds is 1. The molecule has 0 aromatic carbocycles. The van der Waals surface area contributed by atoms with Gasteiger partial charge in [-0.3, -0.25) is 9.59 Å². The molecule has 0 N–H and O–H groups in total. The van der Waals surface area contributed by atoms with Crippen LogP contribution in [0.15, 0.2) is 0 Å². The summed E-state index contributed by atoms with van der Waals surface area (Å²) in [6, 6.07) is 0. The Kier molecular flexibility index (Phi) is 2.84. The largest absolute Gasteiger partial charge is 0.373 e. The van der Waals surface area contributed by atoms with Gasteiger partial charge in [-0.2, -0.15) is 0 Å². The van der Waals surface area contributed by atoms with Crippen LogP contribution in [0, 0.1) is 11.8 Å². The van der Waals surface area contributed by atoms with Gasteiger partial charge in [-0.1, -0.05) is 34.8 Å². The standard InChI is InChI=1S/C9H8Cl3NO3S/c10-9(11,12)17-13-7(14)5-3-1-2-4(16-3)6(5)8(13)15/h3-6H,1-2H2/t3-,4+,5-,6-/m1/s1. The zero-order chi connectivity index (χ0) is 12.4. The lowest BCUT2D eigenvalue weighted by molar-refractivity contribution is -0.135. The molecule has 3 aliphatic heterocycles. The van der Waals surface area contributed by atoms with Gasteiger partial charge < -0.3 is 4.74 Å². The van der Waals surface area contributed by atoms with Crippen molar-refractivity contribution in [2.45, 2.75) is 28.2 Å². The average Bonchev–Trinajstić information content (AvgIpc) is 2.86. The molecule has 4 nitrogen and oxygen atoms in total. The molecule has 4 atom stereocenters. The van der Waals surface area contributed by atoms with Crippen LogP contribution < -0.4 is 0 Å². The lowest BCUT2D eigenvalue weighted by Gasteiger charge is -2.19. The first kappa shape index (κ1) is 12.4. The molecule has 3 saturated heterocycles. The van der Waals surface area contributed by atoms with Crippen molar-refractivity contribution in [3.8, 4) is 0 Å². The van der Waals surface area contributed by atoms with Crippen LogP contribution in [0.4, 0.5) is 0 Å².